The van der Waals surface area contributed by atoms with Crippen LogP contribution in [0.15, 0.2) is 79.0 Å². The Morgan fingerprint density at radius 3 is 2.58 bits per heavy atom. The van der Waals surface area contributed by atoms with Gasteiger partial charge in [0, 0.05) is 29.8 Å². The zero-order valence-corrected chi connectivity index (χ0v) is 20.2. The number of rotatable bonds is 7. The number of anilines is 2. The Hall–Kier alpha value is -3.69. The second-order valence-electron chi connectivity index (χ2n) is 8.67. The van der Waals surface area contributed by atoms with Crippen molar-refractivity contribution < 1.29 is 21.4 Å². The molecule has 1 N–H and O–H groups in total. The summed E-state index contributed by atoms with van der Waals surface area (Å²) in [6.45, 7) is 0. The number of fused-ring (bicyclic) bond motifs is 3. The van der Waals surface area contributed by atoms with Crippen LogP contribution in [0, 0.1) is 5.82 Å². The van der Waals surface area contributed by atoms with Crippen molar-refractivity contribution in [2.75, 3.05) is 11.6 Å². The molecule has 0 aliphatic heterocycles. The van der Waals surface area contributed by atoms with E-state index < -0.39 is 16.5 Å². The number of alkyl halides is 1. The van der Waals surface area contributed by atoms with Crippen molar-refractivity contribution in [1.82, 2.24) is 9.97 Å². The van der Waals surface area contributed by atoms with Crippen LogP contribution in [0.25, 0.3) is 11.3 Å². The second kappa shape index (κ2) is 9.75. The second-order valence-corrected chi connectivity index (χ2v) is 10.3. The molecule has 1 aliphatic rings. The van der Waals surface area contributed by atoms with Crippen molar-refractivity contribution in [3.8, 4) is 11.3 Å². The molecule has 2 atom stereocenters. The van der Waals surface area contributed by atoms with Gasteiger partial charge in [-0.2, -0.15) is 8.42 Å². The van der Waals surface area contributed by atoms with Gasteiger partial charge in [-0.05, 0) is 46.9 Å². The van der Waals surface area contributed by atoms with Crippen LogP contribution in [0.2, 0.25) is 0 Å². The van der Waals surface area contributed by atoms with Crippen LogP contribution in [0.4, 0.5) is 20.4 Å². The van der Waals surface area contributed by atoms with E-state index in [0.717, 1.165) is 28.6 Å². The number of nitrogens with zero attached hydrogens (tertiary/aromatic N) is 2. The molecule has 184 valence electrons. The standard InChI is InChI=1S/C27H23F2N3O3S/c1-36(33,34)35-25(29)14-17-7-6-8-19(13-17)31-27-30-16-18-15-23(21-10-4-5-12-24(21)28)20-9-2-3-11-22(20)26(18)32-27/h2-13,16,23,25H,14-15H2,1H3,(H,30,31,32)/t23?,25-/m0/s1. The maximum Gasteiger partial charge on any atom is 0.267 e. The van der Waals surface area contributed by atoms with Gasteiger partial charge >= 0.3 is 0 Å². The van der Waals surface area contributed by atoms with E-state index in [1.54, 1.807) is 36.5 Å². The number of hydrogen-bond donors (Lipinski definition) is 1. The summed E-state index contributed by atoms with van der Waals surface area (Å²) in [7, 11) is -3.89. The predicted molar refractivity (Wildman–Crippen MR) is 134 cm³/mol. The summed E-state index contributed by atoms with van der Waals surface area (Å²) < 4.78 is 55.3. The average Bonchev–Trinajstić information content (AvgIpc) is 2.83. The van der Waals surface area contributed by atoms with Crippen molar-refractivity contribution in [3.63, 3.8) is 0 Å². The number of halogens is 2. The zero-order valence-electron chi connectivity index (χ0n) is 19.4. The Kier molecular flexibility index (Phi) is 6.51. The Morgan fingerprint density at radius 1 is 1.06 bits per heavy atom. The van der Waals surface area contributed by atoms with Crippen molar-refractivity contribution in [1.29, 1.82) is 0 Å². The molecule has 0 bridgehead atoms. The van der Waals surface area contributed by atoms with Crippen LogP contribution in [0.5, 0.6) is 0 Å². The zero-order chi connectivity index (χ0) is 25.3. The number of hydrogen-bond acceptors (Lipinski definition) is 6. The van der Waals surface area contributed by atoms with E-state index in [9.17, 15) is 17.2 Å². The van der Waals surface area contributed by atoms with Crippen LogP contribution in [0.1, 0.15) is 28.2 Å². The molecule has 36 heavy (non-hydrogen) atoms. The van der Waals surface area contributed by atoms with Gasteiger partial charge in [0.15, 0.2) is 0 Å². The van der Waals surface area contributed by atoms with E-state index in [4.69, 9.17) is 4.98 Å². The average molecular weight is 508 g/mol. The normalized spacial score (nSPS) is 15.6. The Balaban J connectivity index is 1.41. The molecule has 9 heteroatoms. The third-order valence-electron chi connectivity index (χ3n) is 6.02. The highest BCUT2D eigenvalue weighted by Crippen LogP contribution is 2.42. The van der Waals surface area contributed by atoms with Gasteiger partial charge in [0.1, 0.15) is 5.82 Å². The van der Waals surface area contributed by atoms with Gasteiger partial charge < -0.3 is 5.32 Å². The van der Waals surface area contributed by atoms with E-state index in [-0.39, 0.29) is 18.2 Å². The number of aromatic nitrogens is 2. The molecule has 1 heterocycles. The minimum absolute atomic E-state index is 0.142. The molecule has 6 nitrogen and oxygen atoms in total. The summed E-state index contributed by atoms with van der Waals surface area (Å²) >= 11 is 0. The molecular formula is C27H23F2N3O3S. The van der Waals surface area contributed by atoms with Crippen molar-refractivity contribution >= 4 is 21.8 Å². The van der Waals surface area contributed by atoms with Gasteiger partial charge in [0.05, 0.1) is 11.9 Å². The lowest BCUT2D eigenvalue weighted by molar-refractivity contribution is 0.0764. The monoisotopic (exact) mass is 507 g/mol. The molecule has 0 fully saturated rings. The van der Waals surface area contributed by atoms with Crippen LogP contribution in [-0.2, 0) is 27.1 Å². The van der Waals surface area contributed by atoms with E-state index in [1.807, 2.05) is 36.4 Å². The smallest absolute Gasteiger partial charge is 0.267 e. The first-order valence-corrected chi connectivity index (χ1v) is 13.2. The third kappa shape index (κ3) is 5.27. The Bertz CT molecular complexity index is 1530. The molecular weight excluding hydrogens is 484 g/mol. The SMILES string of the molecule is CS(=O)(=O)O[C@H](F)Cc1cccc(Nc2ncc3c(n2)-c2ccccc2C(c2ccccc2F)C3)c1. The molecule has 0 saturated heterocycles. The molecule has 0 radical (unpaired) electrons. The molecule has 0 spiro atoms. The van der Waals surface area contributed by atoms with Gasteiger partial charge in [-0.15, -0.1) is 0 Å². The van der Waals surface area contributed by atoms with Gasteiger partial charge in [-0.25, -0.2) is 22.9 Å². The molecule has 4 aromatic rings. The maximum absolute atomic E-state index is 14.6. The fourth-order valence-electron chi connectivity index (χ4n) is 4.55. The number of benzene rings is 3. The highest BCUT2D eigenvalue weighted by Gasteiger charge is 2.29. The lowest BCUT2D eigenvalue weighted by Gasteiger charge is -2.27. The van der Waals surface area contributed by atoms with E-state index in [1.165, 1.54) is 6.07 Å². The van der Waals surface area contributed by atoms with Crippen molar-refractivity contribution in [2.24, 2.45) is 0 Å². The molecule has 0 saturated carbocycles. The van der Waals surface area contributed by atoms with E-state index in [0.29, 0.717) is 29.2 Å². The van der Waals surface area contributed by atoms with Gasteiger partial charge in [0.25, 0.3) is 10.1 Å². The minimum Gasteiger partial charge on any atom is -0.324 e. The fourth-order valence-corrected chi connectivity index (χ4v) is 4.99. The first-order chi connectivity index (χ1) is 17.3. The molecule has 1 aliphatic carbocycles. The largest absolute Gasteiger partial charge is 0.324 e. The fraction of sp³-hybridized carbons (Fsp3) is 0.185. The first-order valence-electron chi connectivity index (χ1n) is 11.3. The minimum atomic E-state index is -3.89. The molecule has 0 amide bonds. The first kappa shape index (κ1) is 24.0. The summed E-state index contributed by atoms with van der Waals surface area (Å²) in [5.74, 6) is -0.0247. The quantitative estimate of drug-likeness (QED) is 0.332. The topological polar surface area (TPSA) is 81.2 Å². The summed E-state index contributed by atoms with van der Waals surface area (Å²) in [5, 5.41) is 3.14. The van der Waals surface area contributed by atoms with Crippen LogP contribution in [0.3, 0.4) is 0 Å². The summed E-state index contributed by atoms with van der Waals surface area (Å²) in [6, 6.07) is 21.5. The summed E-state index contributed by atoms with van der Waals surface area (Å²) in [6.07, 6.45) is 0.922. The number of nitrogens with one attached hydrogen (secondary N) is 1. The van der Waals surface area contributed by atoms with Gasteiger partial charge in [-0.1, -0.05) is 54.6 Å². The Morgan fingerprint density at radius 2 is 1.81 bits per heavy atom. The summed E-state index contributed by atoms with van der Waals surface area (Å²) in [4.78, 5) is 9.20. The molecule has 1 aromatic heterocycles. The van der Waals surface area contributed by atoms with Gasteiger partial charge in [-0.3, -0.25) is 0 Å². The molecule has 3 aromatic carbocycles. The van der Waals surface area contributed by atoms with Crippen molar-refractivity contribution in [3.05, 3.63) is 107 Å². The van der Waals surface area contributed by atoms with Gasteiger partial charge in [0.2, 0.25) is 12.3 Å². The predicted octanol–water partition coefficient (Wildman–Crippen LogP) is 5.53. The lowest BCUT2D eigenvalue weighted by Crippen LogP contribution is -2.16. The third-order valence-corrected chi connectivity index (χ3v) is 6.58. The molecule has 1 unspecified atom stereocenters. The summed E-state index contributed by atoms with van der Waals surface area (Å²) in [5.41, 5.74) is 5.42. The van der Waals surface area contributed by atoms with E-state index in [2.05, 4.69) is 14.5 Å². The van der Waals surface area contributed by atoms with Crippen molar-refractivity contribution in [2.45, 2.75) is 25.1 Å². The highest BCUT2D eigenvalue weighted by atomic mass is 32.2. The highest BCUT2D eigenvalue weighted by molar-refractivity contribution is 7.86. The Labute approximate surface area is 208 Å². The van der Waals surface area contributed by atoms with E-state index >= 15 is 0 Å². The van der Waals surface area contributed by atoms with Crippen LogP contribution < -0.4 is 5.32 Å². The maximum atomic E-state index is 14.6. The molecule has 5 rings (SSSR count). The van der Waals surface area contributed by atoms with Crippen LogP contribution in [-0.4, -0.2) is 31.0 Å². The van der Waals surface area contributed by atoms with Crippen LogP contribution >= 0.6 is 0 Å². The lowest BCUT2D eigenvalue weighted by atomic mass is 9.78.